The first-order valence-corrected chi connectivity index (χ1v) is 10.2. The van der Waals surface area contributed by atoms with Crippen LogP contribution in [0.3, 0.4) is 0 Å². The Balaban J connectivity index is 1.97. The van der Waals surface area contributed by atoms with Crippen LogP contribution < -0.4 is 11.2 Å². The van der Waals surface area contributed by atoms with Gasteiger partial charge in [-0.3, -0.25) is 18.9 Å². The van der Waals surface area contributed by atoms with E-state index in [1.54, 1.807) is 6.92 Å². The van der Waals surface area contributed by atoms with Crippen molar-refractivity contribution in [3.8, 4) is 0 Å². The van der Waals surface area contributed by atoms with Crippen molar-refractivity contribution in [2.45, 2.75) is 32.6 Å². The Bertz CT molecular complexity index is 771. The summed E-state index contributed by atoms with van der Waals surface area (Å²) in [6.45, 7) is 4.12. The van der Waals surface area contributed by atoms with Gasteiger partial charge in [0.2, 0.25) is 0 Å². The van der Waals surface area contributed by atoms with Gasteiger partial charge in [0.05, 0.1) is 32.5 Å². The molecular formula is C15H26N3O8P. The van der Waals surface area contributed by atoms with Gasteiger partial charge in [-0.05, 0) is 13.8 Å². The molecule has 0 saturated carbocycles. The van der Waals surface area contributed by atoms with E-state index in [9.17, 15) is 24.2 Å². The topological polar surface area (TPSA) is 143 Å². The molecule has 0 aromatic carbocycles. The van der Waals surface area contributed by atoms with E-state index in [0.717, 1.165) is 0 Å². The lowest BCUT2D eigenvalue weighted by atomic mass is 10.2. The van der Waals surface area contributed by atoms with Crippen LogP contribution in [0.25, 0.3) is 0 Å². The molecule has 1 saturated heterocycles. The van der Waals surface area contributed by atoms with Gasteiger partial charge in [0.1, 0.15) is 6.23 Å². The van der Waals surface area contributed by atoms with E-state index < -0.39 is 31.3 Å². The van der Waals surface area contributed by atoms with E-state index in [1.165, 1.54) is 22.4 Å². The third-order valence-electron chi connectivity index (χ3n) is 4.00. The lowest BCUT2D eigenvalue weighted by Gasteiger charge is -2.29. The highest BCUT2D eigenvalue weighted by atomic mass is 31.2. The molecule has 1 aromatic rings. The summed E-state index contributed by atoms with van der Waals surface area (Å²) >= 11 is 0. The van der Waals surface area contributed by atoms with E-state index in [1.807, 2.05) is 0 Å². The summed E-state index contributed by atoms with van der Waals surface area (Å²) in [4.78, 5) is 35.7. The highest BCUT2D eigenvalue weighted by molar-refractivity contribution is 7.50. The summed E-state index contributed by atoms with van der Waals surface area (Å²) in [7, 11) is -3.94. The van der Waals surface area contributed by atoms with Gasteiger partial charge in [0, 0.05) is 31.3 Å². The Morgan fingerprint density at radius 3 is 2.63 bits per heavy atom. The van der Waals surface area contributed by atoms with Crippen LogP contribution in [0, 0.1) is 6.92 Å². The normalized spacial score (nSPS) is 20.1. The van der Waals surface area contributed by atoms with Crippen molar-refractivity contribution in [1.82, 2.24) is 14.2 Å². The molecule has 11 nitrogen and oxygen atoms in total. The van der Waals surface area contributed by atoms with Crippen molar-refractivity contribution in [1.29, 1.82) is 0 Å². The van der Waals surface area contributed by atoms with E-state index in [2.05, 4.69) is 4.98 Å². The van der Waals surface area contributed by atoms with Crippen LogP contribution in [-0.2, 0) is 18.6 Å². The van der Waals surface area contributed by atoms with Crippen molar-refractivity contribution in [3.05, 3.63) is 32.6 Å². The van der Waals surface area contributed by atoms with E-state index in [4.69, 9.17) is 14.0 Å². The lowest BCUT2D eigenvalue weighted by molar-refractivity contribution is -0.0428. The molecule has 1 aliphatic rings. The minimum atomic E-state index is -3.94. The molecule has 3 atom stereocenters. The summed E-state index contributed by atoms with van der Waals surface area (Å²) in [6.07, 6.45) is -0.198. The number of nitrogens with zero attached hydrogens (tertiary/aromatic N) is 2. The fourth-order valence-electron chi connectivity index (χ4n) is 2.58. The molecule has 0 aliphatic carbocycles. The number of aryl methyl sites for hydroxylation is 1. The fraction of sp³-hybridized carbons (Fsp3) is 0.733. The van der Waals surface area contributed by atoms with Gasteiger partial charge in [-0.2, -0.15) is 0 Å². The largest absolute Gasteiger partial charge is 0.405 e. The maximum atomic E-state index is 12.2. The van der Waals surface area contributed by atoms with E-state index >= 15 is 0 Å². The fourth-order valence-corrected chi connectivity index (χ4v) is 3.73. The van der Waals surface area contributed by atoms with E-state index in [0.29, 0.717) is 31.9 Å². The maximum Gasteiger partial charge on any atom is 0.405 e. The molecule has 3 N–H and O–H groups in total. The zero-order valence-electron chi connectivity index (χ0n) is 15.4. The molecule has 3 unspecified atom stereocenters. The number of ether oxygens (including phenoxy) is 2. The third-order valence-corrected chi connectivity index (χ3v) is 5.63. The minimum Gasteiger partial charge on any atom is -0.393 e. The number of hydrogen-bond acceptors (Lipinski definition) is 7. The molecule has 154 valence electrons. The van der Waals surface area contributed by atoms with Gasteiger partial charge in [0.25, 0.3) is 5.56 Å². The molecule has 2 heterocycles. The number of morpholine rings is 1. The number of aliphatic hydroxyl groups excluding tert-OH is 1. The Hall–Kier alpha value is -1.33. The van der Waals surface area contributed by atoms with Crippen LogP contribution in [0.1, 0.15) is 25.1 Å². The molecule has 0 bridgehead atoms. The second-order valence-corrected chi connectivity index (χ2v) is 8.08. The number of H-pyrrole nitrogens is 1. The van der Waals surface area contributed by atoms with Crippen LogP contribution in [0.4, 0.5) is 0 Å². The molecule has 1 aliphatic heterocycles. The molecule has 0 radical (unpaired) electrons. The second kappa shape index (κ2) is 9.74. The standard InChI is InChI=1S/C15H26N3O8P/c1-11-10-18(15(21)16-14(11)20)13(9-12(2)19)25-7-8-26-27(22,23)17-3-5-24-6-4-17/h10,12-13,19H,3-9H2,1-2H3,(H,22,23)(H,16,20,21). The number of hydrogen-bond donors (Lipinski definition) is 3. The van der Waals surface area contributed by atoms with Crippen molar-refractivity contribution >= 4 is 7.75 Å². The quantitative estimate of drug-likeness (QED) is 0.367. The molecule has 0 amide bonds. The smallest absolute Gasteiger partial charge is 0.393 e. The number of nitrogens with one attached hydrogen (secondary N) is 1. The van der Waals surface area contributed by atoms with Crippen molar-refractivity contribution in [3.63, 3.8) is 0 Å². The van der Waals surface area contributed by atoms with Gasteiger partial charge in [0.15, 0.2) is 0 Å². The first kappa shape index (κ1) is 22.0. The number of aliphatic hydroxyl groups is 1. The predicted molar refractivity (Wildman–Crippen MR) is 95.5 cm³/mol. The van der Waals surface area contributed by atoms with Crippen LogP contribution in [0.15, 0.2) is 15.8 Å². The van der Waals surface area contributed by atoms with Crippen LogP contribution in [0.2, 0.25) is 0 Å². The summed E-state index contributed by atoms with van der Waals surface area (Å²) in [5, 5.41) is 9.65. The summed E-state index contributed by atoms with van der Waals surface area (Å²) in [5.74, 6) is 0. The van der Waals surface area contributed by atoms with Gasteiger partial charge in [-0.15, -0.1) is 0 Å². The first-order valence-electron chi connectivity index (χ1n) is 8.63. The number of aromatic amines is 1. The van der Waals surface area contributed by atoms with Crippen molar-refractivity contribution in [2.75, 3.05) is 39.5 Å². The zero-order chi connectivity index (χ0) is 20.0. The van der Waals surface area contributed by atoms with Crippen LogP contribution >= 0.6 is 7.75 Å². The molecule has 12 heteroatoms. The SMILES string of the molecule is Cc1cn(C(CC(C)O)OCCOP(=O)(O)N2CCOCC2)c(=O)[nH]c1=O. The third kappa shape index (κ3) is 6.35. The zero-order valence-corrected chi connectivity index (χ0v) is 16.3. The summed E-state index contributed by atoms with van der Waals surface area (Å²) in [6, 6.07) is 0. The highest BCUT2D eigenvalue weighted by Gasteiger charge is 2.31. The first-order chi connectivity index (χ1) is 12.7. The molecular weight excluding hydrogens is 381 g/mol. The monoisotopic (exact) mass is 407 g/mol. The molecule has 0 spiro atoms. The average Bonchev–Trinajstić information content (AvgIpc) is 2.61. The molecule has 1 fully saturated rings. The van der Waals surface area contributed by atoms with Crippen molar-refractivity contribution < 1.29 is 28.6 Å². The maximum absolute atomic E-state index is 12.2. The minimum absolute atomic E-state index is 0.0864. The average molecular weight is 407 g/mol. The molecule has 2 rings (SSSR count). The number of aromatic nitrogens is 2. The van der Waals surface area contributed by atoms with Crippen molar-refractivity contribution in [2.24, 2.45) is 0 Å². The number of rotatable bonds is 9. The van der Waals surface area contributed by atoms with Gasteiger partial charge in [-0.1, -0.05) is 0 Å². The van der Waals surface area contributed by atoms with Gasteiger partial charge >= 0.3 is 13.4 Å². The molecule has 27 heavy (non-hydrogen) atoms. The summed E-state index contributed by atoms with van der Waals surface area (Å²) < 4.78 is 30.5. The Morgan fingerprint density at radius 1 is 1.33 bits per heavy atom. The lowest BCUT2D eigenvalue weighted by Crippen LogP contribution is -2.36. The van der Waals surface area contributed by atoms with Gasteiger partial charge in [-0.25, -0.2) is 14.0 Å². The summed E-state index contributed by atoms with van der Waals surface area (Å²) in [5.41, 5.74) is -0.849. The Morgan fingerprint density at radius 2 is 2.00 bits per heavy atom. The van der Waals surface area contributed by atoms with E-state index in [-0.39, 0.29) is 19.6 Å². The second-order valence-electron chi connectivity index (χ2n) is 6.28. The van der Waals surface area contributed by atoms with Gasteiger partial charge < -0.3 is 19.5 Å². The predicted octanol–water partition coefficient (Wildman–Crippen LogP) is -0.420. The van der Waals surface area contributed by atoms with Crippen LogP contribution in [0.5, 0.6) is 0 Å². The highest BCUT2D eigenvalue weighted by Crippen LogP contribution is 2.46. The molecule has 1 aromatic heterocycles. The Labute approximate surface area is 156 Å². The Kier molecular flexibility index (Phi) is 7.92. The van der Waals surface area contributed by atoms with Crippen LogP contribution in [-0.4, -0.2) is 69.8 Å².